The Balaban J connectivity index is 2.11. The molecule has 1 heterocycles. The number of carbonyl (C=O) groups excluding carboxylic acids is 1. The topological polar surface area (TPSA) is 42.0 Å². The fourth-order valence-electron chi connectivity index (χ4n) is 2.80. The van der Waals surface area contributed by atoms with Crippen molar-refractivity contribution in [2.75, 3.05) is 5.32 Å². The summed E-state index contributed by atoms with van der Waals surface area (Å²) in [5.74, 6) is -4.96. The minimum Gasteiger partial charge on any atom is -0.319 e. The number of halogens is 3. The van der Waals surface area contributed by atoms with Crippen LogP contribution in [0.1, 0.15) is 28.5 Å². The molecule has 1 amide bonds. The zero-order valence-electron chi connectivity index (χ0n) is 13.7. The average Bonchev–Trinajstić information content (AvgIpc) is 2.61. The van der Waals surface area contributed by atoms with Crippen LogP contribution in [0.3, 0.4) is 0 Å². The van der Waals surface area contributed by atoms with E-state index < -0.39 is 29.0 Å². The minimum atomic E-state index is -1.62. The average molecular weight is 344 g/mol. The van der Waals surface area contributed by atoms with Gasteiger partial charge in [-0.2, -0.15) is 0 Å². The van der Waals surface area contributed by atoms with Gasteiger partial charge in [-0.05, 0) is 37.1 Å². The molecular weight excluding hydrogens is 329 g/mol. The zero-order valence-corrected chi connectivity index (χ0v) is 13.7. The molecule has 3 rings (SSSR count). The monoisotopic (exact) mass is 344 g/mol. The number of pyridine rings is 1. The smallest absolute Gasteiger partial charge is 0.256 e. The van der Waals surface area contributed by atoms with Gasteiger partial charge < -0.3 is 5.32 Å². The van der Waals surface area contributed by atoms with E-state index in [9.17, 15) is 18.0 Å². The lowest BCUT2D eigenvalue weighted by molar-refractivity contribution is 0.102. The largest absolute Gasteiger partial charge is 0.319 e. The van der Waals surface area contributed by atoms with Crippen LogP contribution in [-0.4, -0.2) is 10.9 Å². The van der Waals surface area contributed by atoms with Crippen molar-refractivity contribution in [3.05, 3.63) is 70.7 Å². The molecule has 0 unspecified atom stereocenters. The van der Waals surface area contributed by atoms with Gasteiger partial charge in [0.25, 0.3) is 5.91 Å². The molecular formula is C19H15F3N2O. The third-order valence-corrected chi connectivity index (χ3v) is 4.08. The first-order chi connectivity index (χ1) is 11.9. The summed E-state index contributed by atoms with van der Waals surface area (Å²) < 4.78 is 40.3. The van der Waals surface area contributed by atoms with Gasteiger partial charge in [0.15, 0.2) is 17.5 Å². The molecule has 6 heteroatoms. The second kappa shape index (κ2) is 6.55. The molecule has 3 nitrogen and oxygen atoms in total. The number of amides is 1. The summed E-state index contributed by atoms with van der Waals surface area (Å²) in [7, 11) is 0. The maximum atomic E-state index is 13.9. The van der Waals surface area contributed by atoms with E-state index >= 15 is 0 Å². The van der Waals surface area contributed by atoms with Crippen molar-refractivity contribution < 1.29 is 18.0 Å². The van der Waals surface area contributed by atoms with Gasteiger partial charge in [-0.1, -0.05) is 25.1 Å². The van der Waals surface area contributed by atoms with E-state index in [0.29, 0.717) is 28.5 Å². The Hall–Kier alpha value is -2.89. The number of aromatic nitrogens is 1. The van der Waals surface area contributed by atoms with Crippen molar-refractivity contribution >= 4 is 22.5 Å². The van der Waals surface area contributed by atoms with Crippen molar-refractivity contribution in [3.8, 4) is 0 Å². The molecule has 2 aromatic carbocycles. The highest BCUT2D eigenvalue weighted by Gasteiger charge is 2.20. The molecule has 0 bridgehead atoms. The quantitative estimate of drug-likeness (QED) is 0.695. The molecule has 0 radical (unpaired) electrons. The summed E-state index contributed by atoms with van der Waals surface area (Å²) in [4.78, 5) is 17.3. The molecule has 3 aromatic rings. The van der Waals surface area contributed by atoms with E-state index in [1.54, 1.807) is 31.2 Å². The van der Waals surface area contributed by atoms with Gasteiger partial charge in [0.2, 0.25) is 0 Å². The molecule has 0 spiro atoms. The Bertz CT molecular complexity index is 986. The first kappa shape index (κ1) is 17.0. The number of hydrogen-bond acceptors (Lipinski definition) is 2. The molecule has 0 aliphatic rings. The van der Waals surface area contributed by atoms with Gasteiger partial charge in [0, 0.05) is 11.1 Å². The molecule has 0 atom stereocenters. The lowest BCUT2D eigenvalue weighted by Gasteiger charge is -2.14. The van der Waals surface area contributed by atoms with Crippen molar-refractivity contribution in [1.29, 1.82) is 0 Å². The van der Waals surface area contributed by atoms with Crippen molar-refractivity contribution in [1.82, 2.24) is 4.98 Å². The molecule has 0 saturated heterocycles. The fourth-order valence-corrected chi connectivity index (χ4v) is 2.80. The number of para-hydroxylation sites is 1. The Morgan fingerprint density at radius 2 is 1.80 bits per heavy atom. The van der Waals surface area contributed by atoms with E-state index in [4.69, 9.17) is 0 Å². The normalized spacial score (nSPS) is 10.9. The first-order valence-corrected chi connectivity index (χ1v) is 7.77. The summed E-state index contributed by atoms with van der Waals surface area (Å²) in [5, 5.41) is 2.94. The number of nitrogens with zero attached hydrogens (tertiary/aromatic N) is 1. The van der Waals surface area contributed by atoms with Gasteiger partial charge in [-0.25, -0.2) is 13.2 Å². The highest BCUT2D eigenvalue weighted by atomic mass is 19.2. The molecule has 1 aromatic heterocycles. The first-order valence-electron chi connectivity index (χ1n) is 7.77. The number of carbonyl (C=O) groups is 1. The van der Waals surface area contributed by atoms with Crippen LogP contribution in [-0.2, 0) is 6.42 Å². The molecule has 0 aliphatic heterocycles. The Morgan fingerprint density at radius 1 is 1.08 bits per heavy atom. The van der Waals surface area contributed by atoms with Crippen molar-refractivity contribution in [3.63, 3.8) is 0 Å². The molecule has 128 valence electrons. The van der Waals surface area contributed by atoms with Gasteiger partial charge >= 0.3 is 0 Å². The Morgan fingerprint density at radius 3 is 2.52 bits per heavy atom. The number of benzene rings is 2. The lowest BCUT2D eigenvalue weighted by atomic mass is 9.99. The highest BCUT2D eigenvalue weighted by Crippen LogP contribution is 2.26. The summed E-state index contributed by atoms with van der Waals surface area (Å²) in [5.41, 5.74) is 1.98. The molecule has 0 saturated carbocycles. The third kappa shape index (κ3) is 2.95. The van der Waals surface area contributed by atoms with Crippen LogP contribution < -0.4 is 5.32 Å². The minimum absolute atomic E-state index is 0.339. The molecule has 0 fully saturated rings. The van der Waals surface area contributed by atoms with Crippen LogP contribution >= 0.6 is 0 Å². The van der Waals surface area contributed by atoms with E-state index in [1.165, 1.54) is 0 Å². The maximum absolute atomic E-state index is 13.9. The van der Waals surface area contributed by atoms with Crippen LogP contribution in [0.5, 0.6) is 0 Å². The maximum Gasteiger partial charge on any atom is 0.256 e. The highest BCUT2D eigenvalue weighted by molar-refractivity contribution is 6.13. The summed E-state index contributed by atoms with van der Waals surface area (Å²) in [6, 6.07) is 8.85. The number of rotatable bonds is 3. The van der Waals surface area contributed by atoms with Gasteiger partial charge in [-0.3, -0.25) is 9.78 Å². The van der Waals surface area contributed by atoms with Gasteiger partial charge in [-0.15, -0.1) is 0 Å². The summed E-state index contributed by atoms with van der Waals surface area (Å²) >= 11 is 0. The molecule has 25 heavy (non-hydrogen) atoms. The predicted octanol–water partition coefficient (Wildman–Crippen LogP) is 4.78. The van der Waals surface area contributed by atoms with Crippen LogP contribution in [0.2, 0.25) is 0 Å². The summed E-state index contributed by atoms with van der Waals surface area (Å²) in [6.45, 7) is 3.68. The zero-order chi connectivity index (χ0) is 18.1. The van der Waals surface area contributed by atoms with Gasteiger partial charge in [0.1, 0.15) is 0 Å². The SMILES string of the molecule is CCc1nc2ccccc2c(C(=O)Nc2ccc(F)c(F)c2F)c1C. The lowest BCUT2D eigenvalue weighted by Crippen LogP contribution is -2.17. The standard InChI is InChI=1S/C19H15F3N2O/c1-3-13-10(2)16(11-6-4-5-7-14(11)23-13)19(25)24-15-9-8-12(20)17(21)18(15)22/h4-9H,3H2,1-2H3,(H,24,25). The van der Waals surface area contributed by atoms with Gasteiger partial charge in [0.05, 0.1) is 16.8 Å². The third-order valence-electron chi connectivity index (χ3n) is 4.08. The van der Waals surface area contributed by atoms with E-state index in [1.807, 2.05) is 6.92 Å². The van der Waals surface area contributed by atoms with E-state index in [2.05, 4.69) is 10.3 Å². The second-order valence-corrected chi connectivity index (χ2v) is 5.61. The number of anilines is 1. The van der Waals surface area contributed by atoms with Crippen molar-refractivity contribution in [2.45, 2.75) is 20.3 Å². The van der Waals surface area contributed by atoms with Crippen LogP contribution in [0.15, 0.2) is 36.4 Å². The molecule has 0 aliphatic carbocycles. The second-order valence-electron chi connectivity index (χ2n) is 5.61. The van der Waals surface area contributed by atoms with Crippen LogP contribution in [0.4, 0.5) is 18.9 Å². The fraction of sp³-hybridized carbons (Fsp3) is 0.158. The number of aryl methyl sites for hydroxylation is 1. The number of hydrogen-bond donors (Lipinski definition) is 1. The Labute approximate surface area is 142 Å². The van der Waals surface area contributed by atoms with Crippen LogP contribution in [0.25, 0.3) is 10.9 Å². The summed E-state index contributed by atoms with van der Waals surface area (Å²) in [6.07, 6.45) is 0.622. The number of fused-ring (bicyclic) bond motifs is 1. The van der Waals surface area contributed by atoms with Crippen LogP contribution in [0, 0.1) is 24.4 Å². The molecule has 1 N–H and O–H groups in total. The Kier molecular flexibility index (Phi) is 4.44. The number of nitrogens with one attached hydrogen (secondary N) is 1. The van der Waals surface area contributed by atoms with E-state index in [-0.39, 0.29) is 0 Å². The predicted molar refractivity (Wildman–Crippen MR) is 90.1 cm³/mol. The van der Waals surface area contributed by atoms with Crippen molar-refractivity contribution in [2.24, 2.45) is 0 Å². The van der Waals surface area contributed by atoms with E-state index in [0.717, 1.165) is 17.8 Å².